The second-order valence-corrected chi connectivity index (χ2v) is 5.44. The van der Waals surface area contributed by atoms with Crippen LogP contribution in [0.25, 0.3) is 0 Å². The first-order chi connectivity index (χ1) is 8.86. The van der Waals surface area contributed by atoms with Crippen molar-refractivity contribution in [2.24, 2.45) is 5.92 Å². The molecule has 0 aromatic heterocycles. The Labute approximate surface area is 123 Å². The van der Waals surface area contributed by atoms with Crippen molar-refractivity contribution >= 4 is 12.4 Å². The highest BCUT2D eigenvalue weighted by Gasteiger charge is 2.19. The van der Waals surface area contributed by atoms with Gasteiger partial charge in [-0.05, 0) is 24.3 Å². The summed E-state index contributed by atoms with van der Waals surface area (Å²) < 4.78 is 0. The highest BCUT2D eigenvalue weighted by atomic mass is 35.5. The third-order valence-electron chi connectivity index (χ3n) is 3.95. The van der Waals surface area contributed by atoms with Crippen molar-refractivity contribution < 1.29 is 5.11 Å². The van der Waals surface area contributed by atoms with E-state index in [4.69, 9.17) is 0 Å². The van der Waals surface area contributed by atoms with Gasteiger partial charge >= 0.3 is 0 Å². The van der Waals surface area contributed by atoms with Gasteiger partial charge in [0, 0.05) is 13.1 Å². The smallest absolute Gasteiger partial charge is 0.0580 e. The van der Waals surface area contributed by atoms with E-state index in [1.54, 1.807) is 0 Å². The third-order valence-corrected chi connectivity index (χ3v) is 3.95. The van der Waals surface area contributed by atoms with Crippen molar-refractivity contribution in [2.75, 3.05) is 6.54 Å². The molecule has 0 heterocycles. The Bertz CT molecular complexity index is 331. The van der Waals surface area contributed by atoms with Gasteiger partial charge in [-0.15, -0.1) is 12.4 Å². The van der Waals surface area contributed by atoms with E-state index in [1.165, 1.54) is 37.7 Å². The highest BCUT2D eigenvalue weighted by Crippen LogP contribution is 2.22. The number of hydrogen-bond acceptors (Lipinski definition) is 2. The molecule has 2 rings (SSSR count). The van der Waals surface area contributed by atoms with Crippen LogP contribution in [0.1, 0.15) is 44.1 Å². The normalized spacial score (nSPS) is 24.1. The molecule has 0 spiro atoms. The van der Waals surface area contributed by atoms with Crippen LogP contribution in [0, 0.1) is 5.92 Å². The maximum atomic E-state index is 10.1. The molecule has 1 aromatic rings. The van der Waals surface area contributed by atoms with Gasteiger partial charge in [-0.3, -0.25) is 0 Å². The minimum Gasteiger partial charge on any atom is -0.393 e. The molecule has 1 fully saturated rings. The molecule has 19 heavy (non-hydrogen) atoms. The first-order valence-electron chi connectivity index (χ1n) is 7.29. The third kappa shape index (κ3) is 5.94. The molecule has 3 heteroatoms. The second-order valence-electron chi connectivity index (χ2n) is 5.44. The Hall–Kier alpha value is -0.570. The van der Waals surface area contributed by atoms with Gasteiger partial charge in [0.05, 0.1) is 6.10 Å². The average molecular weight is 284 g/mol. The van der Waals surface area contributed by atoms with Gasteiger partial charge < -0.3 is 10.4 Å². The van der Waals surface area contributed by atoms with E-state index in [0.717, 1.165) is 19.5 Å². The molecule has 2 nitrogen and oxygen atoms in total. The molecular formula is C16H26ClNO. The number of nitrogens with one attached hydrogen (secondary N) is 1. The van der Waals surface area contributed by atoms with Crippen molar-refractivity contribution in [3.8, 4) is 0 Å². The van der Waals surface area contributed by atoms with Crippen LogP contribution in [0.3, 0.4) is 0 Å². The van der Waals surface area contributed by atoms with Gasteiger partial charge in [-0.25, -0.2) is 0 Å². The summed E-state index contributed by atoms with van der Waals surface area (Å²) in [7, 11) is 0. The summed E-state index contributed by atoms with van der Waals surface area (Å²) in [5.41, 5.74) is 1.32. The fraction of sp³-hybridized carbons (Fsp3) is 0.625. The van der Waals surface area contributed by atoms with Crippen LogP contribution < -0.4 is 5.32 Å². The number of benzene rings is 1. The van der Waals surface area contributed by atoms with Crippen LogP contribution in [-0.4, -0.2) is 17.8 Å². The highest BCUT2D eigenvalue weighted by molar-refractivity contribution is 5.85. The van der Waals surface area contributed by atoms with E-state index in [2.05, 4.69) is 29.6 Å². The Kier molecular flexibility index (Phi) is 8.11. The lowest BCUT2D eigenvalue weighted by Gasteiger charge is -2.25. The Morgan fingerprint density at radius 2 is 1.68 bits per heavy atom. The van der Waals surface area contributed by atoms with E-state index in [1.807, 2.05) is 6.07 Å². The number of halogens is 1. The predicted molar refractivity (Wildman–Crippen MR) is 82.6 cm³/mol. The van der Waals surface area contributed by atoms with E-state index in [-0.39, 0.29) is 18.5 Å². The van der Waals surface area contributed by atoms with Crippen LogP contribution in [0.2, 0.25) is 0 Å². The van der Waals surface area contributed by atoms with Gasteiger partial charge in [0.1, 0.15) is 0 Å². The minimum absolute atomic E-state index is 0. The fourth-order valence-electron chi connectivity index (χ4n) is 2.78. The van der Waals surface area contributed by atoms with Gasteiger partial charge in [0.15, 0.2) is 0 Å². The Morgan fingerprint density at radius 1 is 1.00 bits per heavy atom. The lowest BCUT2D eigenvalue weighted by molar-refractivity contribution is 0.0829. The molecule has 0 bridgehead atoms. The maximum Gasteiger partial charge on any atom is 0.0580 e. The number of rotatable bonds is 4. The molecule has 0 radical (unpaired) electrons. The van der Waals surface area contributed by atoms with E-state index >= 15 is 0 Å². The van der Waals surface area contributed by atoms with E-state index in [9.17, 15) is 5.11 Å². The molecule has 1 aromatic carbocycles. The topological polar surface area (TPSA) is 32.3 Å². The summed E-state index contributed by atoms with van der Waals surface area (Å²) in [5, 5.41) is 13.6. The summed E-state index contributed by atoms with van der Waals surface area (Å²) in [6.07, 6.45) is 7.14. The van der Waals surface area contributed by atoms with E-state index < -0.39 is 0 Å². The summed E-state index contributed by atoms with van der Waals surface area (Å²) in [4.78, 5) is 0. The number of aliphatic hydroxyl groups is 1. The zero-order valence-electron chi connectivity index (χ0n) is 11.6. The monoisotopic (exact) mass is 283 g/mol. The quantitative estimate of drug-likeness (QED) is 0.886. The SMILES string of the molecule is Cl.OC1CCCCCCC1CNCc1ccccc1. The number of aliphatic hydroxyl groups excluding tert-OH is 1. The predicted octanol–water partition coefficient (Wildman–Crippen LogP) is 3.53. The standard InChI is InChI=1S/C16H25NO.ClH/c18-16-11-7-2-1-6-10-15(16)13-17-12-14-8-4-3-5-9-14;/h3-5,8-9,15-18H,1-2,6-7,10-13H2;1H. The molecule has 2 unspecified atom stereocenters. The fourth-order valence-corrected chi connectivity index (χ4v) is 2.78. The molecule has 0 aliphatic heterocycles. The summed E-state index contributed by atoms with van der Waals surface area (Å²) in [6, 6.07) is 10.5. The lowest BCUT2D eigenvalue weighted by atomic mass is 9.88. The largest absolute Gasteiger partial charge is 0.393 e. The molecule has 1 saturated carbocycles. The van der Waals surface area contributed by atoms with Crippen LogP contribution in [0.5, 0.6) is 0 Å². The first-order valence-corrected chi connectivity index (χ1v) is 7.29. The molecular weight excluding hydrogens is 258 g/mol. The van der Waals surface area contributed by atoms with Crippen molar-refractivity contribution in [1.29, 1.82) is 0 Å². The average Bonchev–Trinajstić information content (AvgIpc) is 2.39. The zero-order chi connectivity index (χ0) is 12.6. The Balaban J connectivity index is 0.00000180. The van der Waals surface area contributed by atoms with Gasteiger partial charge in [0.2, 0.25) is 0 Å². The first kappa shape index (κ1) is 16.5. The molecule has 0 saturated heterocycles. The van der Waals surface area contributed by atoms with Crippen molar-refractivity contribution in [1.82, 2.24) is 5.32 Å². The van der Waals surface area contributed by atoms with Crippen LogP contribution in [0.15, 0.2) is 30.3 Å². The lowest BCUT2D eigenvalue weighted by Crippen LogP contribution is -2.32. The molecule has 1 aliphatic carbocycles. The number of hydrogen-bond donors (Lipinski definition) is 2. The molecule has 1 aliphatic rings. The van der Waals surface area contributed by atoms with Crippen LogP contribution in [-0.2, 0) is 6.54 Å². The minimum atomic E-state index is -0.103. The Morgan fingerprint density at radius 3 is 2.42 bits per heavy atom. The van der Waals surface area contributed by atoms with E-state index in [0.29, 0.717) is 5.92 Å². The van der Waals surface area contributed by atoms with Crippen molar-refractivity contribution in [3.05, 3.63) is 35.9 Å². The van der Waals surface area contributed by atoms with Gasteiger partial charge in [0.25, 0.3) is 0 Å². The van der Waals surface area contributed by atoms with Crippen molar-refractivity contribution in [3.63, 3.8) is 0 Å². The summed E-state index contributed by atoms with van der Waals surface area (Å²) in [5.74, 6) is 0.439. The van der Waals surface area contributed by atoms with Crippen LogP contribution >= 0.6 is 12.4 Å². The van der Waals surface area contributed by atoms with Crippen molar-refractivity contribution in [2.45, 2.75) is 51.2 Å². The van der Waals surface area contributed by atoms with Gasteiger partial charge in [-0.1, -0.05) is 56.0 Å². The molecule has 2 atom stereocenters. The molecule has 108 valence electrons. The van der Waals surface area contributed by atoms with Gasteiger partial charge in [-0.2, -0.15) is 0 Å². The summed E-state index contributed by atoms with van der Waals surface area (Å²) in [6.45, 7) is 1.85. The zero-order valence-corrected chi connectivity index (χ0v) is 12.4. The molecule has 0 amide bonds. The second kappa shape index (κ2) is 9.35. The maximum absolute atomic E-state index is 10.1. The molecule has 2 N–H and O–H groups in total. The summed E-state index contributed by atoms with van der Waals surface area (Å²) >= 11 is 0. The van der Waals surface area contributed by atoms with Crippen LogP contribution in [0.4, 0.5) is 0 Å².